The highest BCUT2D eigenvalue weighted by Gasteiger charge is 2.16. The van der Waals surface area contributed by atoms with E-state index in [0.717, 1.165) is 18.5 Å². The maximum Gasteiger partial charge on any atom is 0.325 e. The van der Waals surface area contributed by atoms with E-state index in [4.69, 9.17) is 4.74 Å². The van der Waals surface area contributed by atoms with E-state index < -0.39 is 5.60 Å². The summed E-state index contributed by atoms with van der Waals surface area (Å²) >= 11 is 0. The molecule has 0 saturated heterocycles. The van der Waals surface area contributed by atoms with Crippen LogP contribution in [0.2, 0.25) is 0 Å². The maximum absolute atomic E-state index is 11.8. The number of carbonyl (C=O) groups is 1. The Morgan fingerprint density at radius 1 is 1.28 bits per heavy atom. The number of nitrogens with one attached hydrogen (secondary N) is 3. The lowest BCUT2D eigenvalue weighted by atomic mass is 10.1. The number of guanidine groups is 1. The summed E-state index contributed by atoms with van der Waals surface area (Å²) in [6.07, 6.45) is 2.91. The van der Waals surface area contributed by atoms with Crippen molar-refractivity contribution in [2.75, 3.05) is 20.1 Å². The van der Waals surface area contributed by atoms with Crippen molar-refractivity contribution >= 4 is 22.8 Å². The fourth-order valence-corrected chi connectivity index (χ4v) is 2.72. The molecule has 3 N–H and O–H groups in total. The lowest BCUT2D eigenvalue weighted by Crippen LogP contribution is -2.42. The minimum atomic E-state index is -0.483. The van der Waals surface area contributed by atoms with Crippen molar-refractivity contribution in [3.05, 3.63) is 35.5 Å². The number of rotatable bonds is 5. The Bertz CT molecular complexity index is 756. The van der Waals surface area contributed by atoms with Crippen molar-refractivity contribution in [1.29, 1.82) is 0 Å². The van der Waals surface area contributed by atoms with Crippen LogP contribution in [0.5, 0.6) is 0 Å². The Morgan fingerprint density at radius 2 is 2.04 bits per heavy atom. The number of hydrogen-bond acceptors (Lipinski definition) is 3. The third-order valence-electron chi connectivity index (χ3n) is 3.73. The number of carbonyl (C=O) groups excluding carboxylic acids is 1. The molecule has 1 heterocycles. The number of aliphatic imine (C=N–C) groups is 1. The van der Waals surface area contributed by atoms with E-state index in [1.165, 1.54) is 16.5 Å². The molecule has 1 aromatic carbocycles. The Morgan fingerprint density at radius 3 is 2.72 bits per heavy atom. The molecule has 1 aromatic heterocycles. The predicted octanol–water partition coefficient (Wildman–Crippen LogP) is 2.53. The van der Waals surface area contributed by atoms with Crippen LogP contribution in [-0.2, 0) is 16.0 Å². The van der Waals surface area contributed by atoms with Crippen LogP contribution in [0.1, 0.15) is 31.9 Å². The second kappa shape index (κ2) is 8.05. The predicted molar refractivity (Wildman–Crippen MR) is 102 cm³/mol. The highest BCUT2D eigenvalue weighted by atomic mass is 16.6. The van der Waals surface area contributed by atoms with Crippen LogP contribution < -0.4 is 10.6 Å². The monoisotopic (exact) mass is 344 g/mol. The fourth-order valence-electron chi connectivity index (χ4n) is 2.72. The van der Waals surface area contributed by atoms with Crippen molar-refractivity contribution < 1.29 is 9.53 Å². The number of aromatic nitrogens is 1. The van der Waals surface area contributed by atoms with Gasteiger partial charge in [-0.1, -0.05) is 12.1 Å². The molecule has 0 fully saturated rings. The van der Waals surface area contributed by atoms with Crippen molar-refractivity contribution in [1.82, 2.24) is 15.6 Å². The second-order valence-electron chi connectivity index (χ2n) is 7.00. The molecule has 0 aliphatic carbocycles. The number of ether oxygens (including phenoxy) is 1. The lowest BCUT2D eigenvalue weighted by Gasteiger charge is -2.20. The summed E-state index contributed by atoms with van der Waals surface area (Å²) in [5.74, 6) is 0.283. The van der Waals surface area contributed by atoms with Crippen LogP contribution in [0.4, 0.5) is 0 Å². The minimum Gasteiger partial charge on any atom is -0.459 e. The minimum absolute atomic E-state index is 0.0864. The largest absolute Gasteiger partial charge is 0.459 e. The summed E-state index contributed by atoms with van der Waals surface area (Å²) in [4.78, 5) is 19.2. The number of benzene rings is 1. The van der Waals surface area contributed by atoms with Crippen molar-refractivity contribution in [3.63, 3.8) is 0 Å². The summed E-state index contributed by atoms with van der Waals surface area (Å²) in [7, 11) is 1.68. The van der Waals surface area contributed by atoms with Gasteiger partial charge in [0.15, 0.2) is 5.96 Å². The number of hydrogen-bond donors (Lipinski definition) is 3. The van der Waals surface area contributed by atoms with Crippen molar-refractivity contribution in [2.45, 2.75) is 39.7 Å². The average molecular weight is 344 g/mol. The third-order valence-corrected chi connectivity index (χ3v) is 3.73. The molecule has 6 heteroatoms. The average Bonchev–Trinajstić information content (AvgIpc) is 2.93. The number of aromatic amines is 1. The molecule has 0 aliphatic rings. The first-order valence-corrected chi connectivity index (χ1v) is 8.52. The molecule has 2 rings (SSSR count). The first kappa shape index (κ1) is 18.8. The quantitative estimate of drug-likeness (QED) is 0.442. The molecule has 0 atom stereocenters. The molecule has 0 radical (unpaired) electrons. The van der Waals surface area contributed by atoms with Gasteiger partial charge in [0, 0.05) is 30.7 Å². The summed E-state index contributed by atoms with van der Waals surface area (Å²) in [6, 6.07) is 6.26. The van der Waals surface area contributed by atoms with E-state index >= 15 is 0 Å². The molecule has 25 heavy (non-hydrogen) atoms. The van der Waals surface area contributed by atoms with Crippen molar-refractivity contribution in [2.24, 2.45) is 4.99 Å². The summed E-state index contributed by atoms with van der Waals surface area (Å²) in [6.45, 7) is 8.47. The van der Waals surface area contributed by atoms with E-state index in [9.17, 15) is 4.79 Å². The van der Waals surface area contributed by atoms with Crippen LogP contribution in [0.25, 0.3) is 10.9 Å². The molecule has 6 nitrogen and oxygen atoms in total. The number of esters is 1. The van der Waals surface area contributed by atoms with Gasteiger partial charge in [-0.05, 0) is 51.3 Å². The number of fused-ring (bicyclic) bond motifs is 1. The normalized spacial score (nSPS) is 12.3. The van der Waals surface area contributed by atoms with Gasteiger partial charge in [0.05, 0.1) is 0 Å². The smallest absolute Gasteiger partial charge is 0.325 e. The van der Waals surface area contributed by atoms with Gasteiger partial charge in [-0.15, -0.1) is 0 Å². The molecular formula is C19H28N4O2. The molecule has 0 bridgehead atoms. The molecular weight excluding hydrogens is 316 g/mol. The summed E-state index contributed by atoms with van der Waals surface area (Å²) < 4.78 is 5.27. The van der Waals surface area contributed by atoms with Crippen LogP contribution in [0, 0.1) is 6.92 Å². The van der Waals surface area contributed by atoms with Gasteiger partial charge in [0.25, 0.3) is 0 Å². The van der Waals surface area contributed by atoms with E-state index in [0.29, 0.717) is 5.96 Å². The zero-order valence-electron chi connectivity index (χ0n) is 15.7. The van der Waals surface area contributed by atoms with Gasteiger partial charge >= 0.3 is 5.97 Å². The van der Waals surface area contributed by atoms with E-state index in [-0.39, 0.29) is 12.5 Å². The topological polar surface area (TPSA) is 78.5 Å². The molecule has 0 saturated carbocycles. The van der Waals surface area contributed by atoms with Crippen LogP contribution in [-0.4, -0.2) is 42.7 Å². The maximum atomic E-state index is 11.8. The second-order valence-corrected chi connectivity index (χ2v) is 7.00. The molecule has 0 unspecified atom stereocenters. The van der Waals surface area contributed by atoms with E-state index in [2.05, 4.69) is 51.9 Å². The van der Waals surface area contributed by atoms with Crippen molar-refractivity contribution in [3.8, 4) is 0 Å². The lowest BCUT2D eigenvalue weighted by molar-refractivity contribution is -0.153. The zero-order chi connectivity index (χ0) is 18.4. The summed E-state index contributed by atoms with van der Waals surface area (Å²) in [5.41, 5.74) is 3.20. The Labute approximate surface area is 149 Å². The van der Waals surface area contributed by atoms with E-state index in [1.807, 2.05) is 20.8 Å². The van der Waals surface area contributed by atoms with Crippen LogP contribution in [0.3, 0.4) is 0 Å². The van der Waals surface area contributed by atoms with Gasteiger partial charge in [0.2, 0.25) is 0 Å². The fraction of sp³-hybridized carbons (Fsp3) is 0.474. The Kier molecular flexibility index (Phi) is 6.07. The van der Waals surface area contributed by atoms with E-state index in [1.54, 1.807) is 7.05 Å². The number of nitrogens with zero attached hydrogens (tertiary/aromatic N) is 1. The zero-order valence-corrected chi connectivity index (χ0v) is 15.7. The first-order chi connectivity index (χ1) is 11.8. The van der Waals surface area contributed by atoms with Gasteiger partial charge in [0.1, 0.15) is 12.1 Å². The van der Waals surface area contributed by atoms with Gasteiger partial charge in [-0.3, -0.25) is 9.79 Å². The summed E-state index contributed by atoms with van der Waals surface area (Å²) in [5, 5.41) is 7.48. The first-order valence-electron chi connectivity index (χ1n) is 8.52. The van der Waals surface area contributed by atoms with Crippen LogP contribution in [0.15, 0.2) is 29.4 Å². The molecule has 2 aromatic rings. The standard InChI is InChI=1S/C19H28N4O2/c1-13-7-6-8-15-17(13)14(11-22-15)9-10-21-18(20-5)23-12-16(24)25-19(2,3)4/h6-8,11,22H,9-10,12H2,1-5H3,(H2,20,21,23). The molecule has 0 aliphatic heterocycles. The molecule has 0 spiro atoms. The van der Waals surface area contributed by atoms with Gasteiger partial charge < -0.3 is 20.4 Å². The van der Waals surface area contributed by atoms with Gasteiger partial charge in [-0.25, -0.2) is 0 Å². The Balaban J connectivity index is 1.84. The highest BCUT2D eigenvalue weighted by Crippen LogP contribution is 2.22. The van der Waals surface area contributed by atoms with Crippen LogP contribution >= 0.6 is 0 Å². The number of H-pyrrole nitrogens is 1. The Hall–Kier alpha value is -2.50. The SMILES string of the molecule is CN=C(NCCc1c[nH]c2cccc(C)c12)NCC(=O)OC(C)(C)C. The highest BCUT2D eigenvalue weighted by molar-refractivity contribution is 5.87. The third kappa shape index (κ3) is 5.52. The molecule has 136 valence electrons. The van der Waals surface area contributed by atoms with Gasteiger partial charge in [-0.2, -0.15) is 0 Å². The number of aryl methyl sites for hydroxylation is 1. The molecule has 0 amide bonds.